The molecule has 23 heavy (non-hydrogen) atoms. The molecule has 0 radical (unpaired) electrons. The van der Waals surface area contributed by atoms with Crippen molar-refractivity contribution >= 4 is 22.7 Å². The Morgan fingerprint density at radius 2 is 1.61 bits per heavy atom. The fourth-order valence-electron chi connectivity index (χ4n) is 2.18. The third-order valence-corrected chi connectivity index (χ3v) is 3.30. The molecule has 0 saturated carbocycles. The largest absolute Gasteiger partial charge is 0.360 e. The maximum atomic E-state index is 13.5. The first-order valence-corrected chi connectivity index (χ1v) is 6.68. The lowest BCUT2D eigenvalue weighted by atomic mass is 10.2. The number of rotatable bonds is 2. The highest BCUT2D eigenvalue weighted by atomic mass is 19.1. The summed E-state index contributed by atoms with van der Waals surface area (Å²) in [6.07, 6.45) is 1.50. The van der Waals surface area contributed by atoms with Crippen LogP contribution < -0.4 is 10.9 Å². The molecule has 7 heteroatoms. The molecule has 3 rings (SSSR count). The summed E-state index contributed by atoms with van der Waals surface area (Å²) < 4.78 is 26.3. The van der Waals surface area contributed by atoms with Crippen LogP contribution in [0.2, 0.25) is 0 Å². The number of hydrogen-bond acceptors (Lipinski definition) is 2. The Hall–Kier alpha value is -3.22. The van der Waals surface area contributed by atoms with Crippen LogP contribution in [-0.2, 0) is 0 Å². The predicted molar refractivity (Wildman–Crippen MR) is 79.6 cm³/mol. The molecule has 0 atom stereocenters. The van der Waals surface area contributed by atoms with E-state index in [0.717, 1.165) is 17.6 Å². The van der Waals surface area contributed by atoms with E-state index in [4.69, 9.17) is 0 Å². The number of aromatic amines is 1. The lowest BCUT2D eigenvalue weighted by Crippen LogP contribution is -2.41. The topological polar surface area (TPSA) is 74.0 Å². The number of amides is 2. The summed E-state index contributed by atoms with van der Waals surface area (Å²) in [5.74, 6) is -3.24. The Kier molecular flexibility index (Phi) is 3.76. The monoisotopic (exact) mass is 315 g/mol. The standard InChI is InChI=1S/C16H11F2N3O2/c17-9-5-6-11(13(18)7-9)15(22)20-21-16(23)12-8-19-14-4-2-1-3-10(12)14/h1-8,19H,(H,20,22)(H,21,23). The van der Waals surface area contributed by atoms with Gasteiger partial charge >= 0.3 is 0 Å². The SMILES string of the molecule is O=C(NNC(=O)c1c[nH]c2ccccc12)c1ccc(F)cc1F. The van der Waals surface area contributed by atoms with E-state index >= 15 is 0 Å². The quantitative estimate of drug-likeness (QED) is 0.636. The van der Waals surface area contributed by atoms with E-state index in [1.807, 2.05) is 6.07 Å². The van der Waals surface area contributed by atoms with Crippen LogP contribution in [0.3, 0.4) is 0 Å². The molecule has 1 heterocycles. The predicted octanol–water partition coefficient (Wildman–Crippen LogP) is 2.52. The van der Waals surface area contributed by atoms with Crippen LogP contribution in [0.4, 0.5) is 8.78 Å². The van der Waals surface area contributed by atoms with Crippen molar-refractivity contribution in [1.29, 1.82) is 0 Å². The Morgan fingerprint density at radius 1 is 0.913 bits per heavy atom. The zero-order valence-electron chi connectivity index (χ0n) is 11.7. The van der Waals surface area contributed by atoms with Gasteiger partial charge in [-0.25, -0.2) is 8.78 Å². The van der Waals surface area contributed by atoms with Gasteiger partial charge < -0.3 is 4.98 Å². The normalized spacial score (nSPS) is 10.5. The van der Waals surface area contributed by atoms with Crippen LogP contribution in [0.15, 0.2) is 48.7 Å². The van der Waals surface area contributed by atoms with Crippen LogP contribution in [0.5, 0.6) is 0 Å². The molecule has 0 aliphatic carbocycles. The number of para-hydroxylation sites is 1. The minimum absolute atomic E-state index is 0.334. The third-order valence-electron chi connectivity index (χ3n) is 3.30. The summed E-state index contributed by atoms with van der Waals surface area (Å²) in [4.78, 5) is 26.8. The number of H-pyrrole nitrogens is 1. The van der Waals surface area contributed by atoms with Crippen molar-refractivity contribution in [3.05, 3.63) is 71.4 Å². The zero-order valence-corrected chi connectivity index (χ0v) is 11.7. The maximum absolute atomic E-state index is 13.5. The van der Waals surface area contributed by atoms with E-state index in [0.29, 0.717) is 17.0 Å². The molecular weight excluding hydrogens is 304 g/mol. The smallest absolute Gasteiger partial charge is 0.272 e. The highest BCUT2D eigenvalue weighted by molar-refractivity contribution is 6.07. The lowest BCUT2D eigenvalue weighted by molar-refractivity contribution is 0.0845. The molecule has 0 aliphatic rings. The number of benzene rings is 2. The van der Waals surface area contributed by atoms with Crippen molar-refractivity contribution in [2.24, 2.45) is 0 Å². The van der Waals surface area contributed by atoms with E-state index in [-0.39, 0.29) is 5.56 Å². The highest BCUT2D eigenvalue weighted by Gasteiger charge is 2.15. The van der Waals surface area contributed by atoms with Crippen LogP contribution in [-0.4, -0.2) is 16.8 Å². The second-order valence-electron chi connectivity index (χ2n) is 4.78. The minimum Gasteiger partial charge on any atom is -0.360 e. The maximum Gasteiger partial charge on any atom is 0.272 e. The molecule has 116 valence electrons. The Morgan fingerprint density at radius 3 is 2.35 bits per heavy atom. The molecule has 2 amide bonds. The van der Waals surface area contributed by atoms with Crippen molar-refractivity contribution in [1.82, 2.24) is 15.8 Å². The first-order valence-electron chi connectivity index (χ1n) is 6.68. The summed E-state index contributed by atoms with van der Waals surface area (Å²) in [7, 11) is 0. The van der Waals surface area contributed by atoms with Crippen molar-refractivity contribution in [3.8, 4) is 0 Å². The van der Waals surface area contributed by atoms with Gasteiger partial charge in [0.15, 0.2) is 0 Å². The molecule has 3 N–H and O–H groups in total. The van der Waals surface area contributed by atoms with Crippen LogP contribution in [0, 0.1) is 11.6 Å². The van der Waals surface area contributed by atoms with Gasteiger partial charge in [0.1, 0.15) is 11.6 Å². The van der Waals surface area contributed by atoms with Gasteiger partial charge in [-0.1, -0.05) is 18.2 Å². The van der Waals surface area contributed by atoms with Crippen LogP contribution >= 0.6 is 0 Å². The summed E-state index contributed by atoms with van der Waals surface area (Å²) in [6.45, 7) is 0. The van der Waals surface area contributed by atoms with E-state index in [1.165, 1.54) is 6.20 Å². The molecule has 0 fully saturated rings. The molecule has 0 saturated heterocycles. The number of fused-ring (bicyclic) bond motifs is 1. The van der Waals surface area contributed by atoms with Crippen molar-refractivity contribution in [3.63, 3.8) is 0 Å². The average molecular weight is 315 g/mol. The van der Waals surface area contributed by atoms with Gasteiger partial charge in [0.05, 0.1) is 11.1 Å². The van der Waals surface area contributed by atoms with Gasteiger partial charge in [-0.05, 0) is 18.2 Å². The first-order chi connectivity index (χ1) is 11.1. The van der Waals surface area contributed by atoms with Crippen molar-refractivity contribution in [2.45, 2.75) is 0 Å². The lowest BCUT2D eigenvalue weighted by Gasteiger charge is -2.07. The zero-order chi connectivity index (χ0) is 16.4. The van der Waals surface area contributed by atoms with Gasteiger partial charge in [-0.3, -0.25) is 20.4 Å². The molecule has 0 bridgehead atoms. The van der Waals surface area contributed by atoms with E-state index < -0.39 is 23.4 Å². The number of hydrazine groups is 1. The average Bonchev–Trinajstić information content (AvgIpc) is 2.96. The van der Waals surface area contributed by atoms with Gasteiger partial charge in [0.25, 0.3) is 11.8 Å². The van der Waals surface area contributed by atoms with Gasteiger partial charge in [-0.15, -0.1) is 0 Å². The third kappa shape index (κ3) is 2.89. The molecule has 0 spiro atoms. The van der Waals surface area contributed by atoms with E-state index in [1.54, 1.807) is 18.2 Å². The number of hydrogen-bond donors (Lipinski definition) is 3. The number of aromatic nitrogens is 1. The van der Waals surface area contributed by atoms with Crippen LogP contribution in [0.25, 0.3) is 10.9 Å². The Bertz CT molecular complexity index is 905. The molecule has 1 aromatic heterocycles. The minimum atomic E-state index is -1.01. The van der Waals surface area contributed by atoms with Gasteiger partial charge in [0.2, 0.25) is 0 Å². The van der Waals surface area contributed by atoms with Gasteiger partial charge in [0, 0.05) is 23.2 Å². The summed E-state index contributed by atoms with van der Waals surface area (Å²) in [6, 6.07) is 9.70. The van der Waals surface area contributed by atoms with E-state index in [9.17, 15) is 18.4 Å². The fourth-order valence-corrected chi connectivity index (χ4v) is 2.18. The number of carbonyl (C=O) groups is 2. The molecule has 0 unspecified atom stereocenters. The summed E-state index contributed by atoms with van der Waals surface area (Å²) >= 11 is 0. The fraction of sp³-hybridized carbons (Fsp3) is 0. The second kappa shape index (κ2) is 5.88. The first kappa shape index (κ1) is 14.7. The highest BCUT2D eigenvalue weighted by Crippen LogP contribution is 2.17. The summed E-state index contributed by atoms with van der Waals surface area (Å²) in [5, 5.41) is 0.687. The molecule has 5 nitrogen and oxygen atoms in total. The van der Waals surface area contributed by atoms with Crippen molar-refractivity contribution < 1.29 is 18.4 Å². The number of carbonyl (C=O) groups excluding carboxylic acids is 2. The molecular formula is C16H11F2N3O2. The number of nitrogens with one attached hydrogen (secondary N) is 3. The molecule has 2 aromatic carbocycles. The molecule has 0 aliphatic heterocycles. The number of halogens is 2. The van der Waals surface area contributed by atoms with Crippen LogP contribution in [0.1, 0.15) is 20.7 Å². The summed E-state index contributed by atoms with van der Waals surface area (Å²) in [5.41, 5.74) is 5.03. The molecule has 3 aromatic rings. The van der Waals surface area contributed by atoms with Gasteiger partial charge in [-0.2, -0.15) is 0 Å². The Labute approximate surface area is 129 Å². The second-order valence-corrected chi connectivity index (χ2v) is 4.78. The Balaban J connectivity index is 1.72. The van der Waals surface area contributed by atoms with Crippen molar-refractivity contribution in [2.75, 3.05) is 0 Å². The van der Waals surface area contributed by atoms with E-state index in [2.05, 4.69) is 15.8 Å².